The van der Waals surface area contributed by atoms with Crippen LogP contribution in [0, 0.1) is 0 Å². The van der Waals surface area contributed by atoms with E-state index >= 15 is 0 Å². The molecule has 1 heterocycles. The molecule has 10 nitrogen and oxygen atoms in total. The summed E-state index contributed by atoms with van der Waals surface area (Å²) in [5.41, 5.74) is -0.846. The van der Waals surface area contributed by atoms with Gasteiger partial charge in [-0.2, -0.15) is 8.42 Å². The number of nitrogens with one attached hydrogen (secondary N) is 1. The summed E-state index contributed by atoms with van der Waals surface area (Å²) in [5.74, 6) is -0.560. The molecule has 0 unspecified atom stereocenters. The van der Waals surface area contributed by atoms with Crippen LogP contribution in [0.3, 0.4) is 0 Å². The number of amides is 2. The van der Waals surface area contributed by atoms with Crippen LogP contribution in [0.5, 0.6) is 0 Å². The van der Waals surface area contributed by atoms with Crippen LogP contribution >= 0.6 is 0 Å². The molecule has 0 fully saturated rings. The lowest BCUT2D eigenvalue weighted by molar-refractivity contribution is 0.0635. The molecule has 2 rings (SSSR count). The highest BCUT2D eigenvalue weighted by Crippen LogP contribution is 2.14. The number of hydrogen-bond donors (Lipinski definition) is 2. The summed E-state index contributed by atoms with van der Waals surface area (Å²) in [6.07, 6.45) is 0.418. The zero-order valence-electron chi connectivity index (χ0n) is 16.2. The van der Waals surface area contributed by atoms with Gasteiger partial charge >= 0.3 is 6.09 Å². The lowest BCUT2D eigenvalue weighted by Gasteiger charge is -2.20. The van der Waals surface area contributed by atoms with E-state index in [1.165, 1.54) is 31.3 Å². The van der Waals surface area contributed by atoms with E-state index in [0.717, 1.165) is 21.9 Å². The maximum Gasteiger partial charge on any atom is 0.412 e. The third-order valence-corrected chi connectivity index (χ3v) is 4.41. The number of carbonyl (C=O) groups excluding carboxylic acids is 2. The third kappa shape index (κ3) is 5.90. The topological polar surface area (TPSA) is 135 Å². The normalized spacial score (nSPS) is 11.6. The van der Waals surface area contributed by atoms with E-state index in [2.05, 4.69) is 5.32 Å². The Balaban J connectivity index is 2.16. The van der Waals surface area contributed by atoms with Gasteiger partial charge in [-0.25, -0.2) is 14.5 Å². The predicted octanol–water partition coefficient (Wildman–Crippen LogP) is 1.85. The molecule has 0 bridgehead atoms. The van der Waals surface area contributed by atoms with E-state index in [4.69, 9.17) is 9.29 Å². The van der Waals surface area contributed by atoms with Crippen LogP contribution in [0.25, 0.3) is 0 Å². The second-order valence-corrected chi connectivity index (χ2v) is 8.47. The zero-order valence-corrected chi connectivity index (χ0v) is 17.1. The number of rotatable bonds is 4. The molecule has 0 spiro atoms. The van der Waals surface area contributed by atoms with Crippen LogP contribution in [-0.2, 0) is 14.9 Å². The van der Waals surface area contributed by atoms with Gasteiger partial charge in [-0.3, -0.25) is 19.5 Å². The first-order valence-corrected chi connectivity index (χ1v) is 9.80. The Morgan fingerprint density at radius 3 is 2.21 bits per heavy atom. The summed E-state index contributed by atoms with van der Waals surface area (Å²) in [6.45, 7) is 5.19. The third-order valence-electron chi connectivity index (χ3n) is 3.56. The molecule has 0 saturated carbocycles. The Morgan fingerprint density at radius 1 is 1.14 bits per heavy atom. The molecule has 156 valence electrons. The monoisotopic (exact) mass is 423 g/mol. The van der Waals surface area contributed by atoms with Gasteiger partial charge in [-0.1, -0.05) is 0 Å². The van der Waals surface area contributed by atoms with Crippen LogP contribution < -0.4 is 15.9 Å². The molecule has 0 aliphatic carbocycles. The summed E-state index contributed by atoms with van der Waals surface area (Å²) in [6, 6.07) is 7.58. The summed E-state index contributed by atoms with van der Waals surface area (Å²) < 4.78 is 37.2. The van der Waals surface area contributed by atoms with Crippen LogP contribution in [0.15, 0.2) is 52.3 Å². The molecule has 0 aliphatic heterocycles. The van der Waals surface area contributed by atoms with Crippen molar-refractivity contribution < 1.29 is 27.3 Å². The van der Waals surface area contributed by atoms with Crippen molar-refractivity contribution in [3.8, 4) is 0 Å². The molecular formula is C18H21N3O7S. The summed E-state index contributed by atoms with van der Waals surface area (Å²) in [7, 11) is -3.20. The first-order valence-electron chi connectivity index (χ1n) is 8.36. The minimum absolute atomic E-state index is 0.216. The fraction of sp³-hybridized carbons (Fsp3) is 0.278. The maximum absolute atomic E-state index is 12.6. The molecule has 1 aromatic heterocycles. The number of hydrogen-bond acceptors (Lipinski definition) is 6. The Kier molecular flexibility index (Phi) is 6.14. The number of benzene rings is 1. The standard InChI is InChI=1S/C18H21N3O7S/c1-18(2,3)28-17(24)19-13-7-5-12(6-8-13)16(23)20(4)21-10-9-14(11-15(21)22)29(25,26)27/h5-11H,1-4H3,(H,19,24)(H,25,26,27). The van der Waals surface area contributed by atoms with E-state index in [9.17, 15) is 22.8 Å². The van der Waals surface area contributed by atoms with Gasteiger partial charge in [0, 0.05) is 30.6 Å². The highest BCUT2D eigenvalue weighted by Gasteiger charge is 2.18. The molecule has 2 aromatic rings. The van der Waals surface area contributed by atoms with Gasteiger partial charge in [0.2, 0.25) is 0 Å². The minimum atomic E-state index is -4.53. The smallest absolute Gasteiger partial charge is 0.412 e. The number of pyridine rings is 1. The summed E-state index contributed by atoms with van der Waals surface area (Å²) >= 11 is 0. The maximum atomic E-state index is 12.6. The highest BCUT2D eigenvalue weighted by molar-refractivity contribution is 7.85. The quantitative estimate of drug-likeness (QED) is 0.717. The molecule has 2 N–H and O–H groups in total. The SMILES string of the molecule is CN(C(=O)c1ccc(NC(=O)OC(C)(C)C)cc1)n1ccc(S(=O)(=O)O)cc1=O. The molecule has 0 saturated heterocycles. The summed E-state index contributed by atoms with van der Waals surface area (Å²) in [4.78, 5) is 35.9. The van der Waals surface area contributed by atoms with Gasteiger partial charge in [0.15, 0.2) is 0 Å². The van der Waals surface area contributed by atoms with Gasteiger partial charge in [0.05, 0.1) is 0 Å². The van der Waals surface area contributed by atoms with Crippen molar-refractivity contribution in [2.24, 2.45) is 0 Å². The van der Waals surface area contributed by atoms with E-state index in [-0.39, 0.29) is 5.56 Å². The Bertz CT molecular complexity index is 1080. The molecule has 0 radical (unpaired) electrons. The minimum Gasteiger partial charge on any atom is -0.444 e. The Labute approximate surface area is 167 Å². The molecule has 1 aromatic carbocycles. The van der Waals surface area contributed by atoms with Crippen molar-refractivity contribution in [1.82, 2.24) is 4.68 Å². The second kappa shape index (κ2) is 8.05. The van der Waals surface area contributed by atoms with E-state index < -0.39 is 38.2 Å². The highest BCUT2D eigenvalue weighted by atomic mass is 32.2. The fourth-order valence-electron chi connectivity index (χ4n) is 2.26. The molecule has 29 heavy (non-hydrogen) atoms. The van der Waals surface area contributed by atoms with Gasteiger partial charge in [-0.05, 0) is 51.1 Å². The molecular weight excluding hydrogens is 402 g/mol. The van der Waals surface area contributed by atoms with Crippen molar-refractivity contribution in [2.75, 3.05) is 17.4 Å². The average molecular weight is 423 g/mol. The largest absolute Gasteiger partial charge is 0.444 e. The Hall–Kier alpha value is -3.18. The van der Waals surface area contributed by atoms with Crippen molar-refractivity contribution in [2.45, 2.75) is 31.3 Å². The van der Waals surface area contributed by atoms with Gasteiger partial charge in [-0.15, -0.1) is 0 Å². The van der Waals surface area contributed by atoms with Crippen LogP contribution in [-0.4, -0.2) is 42.3 Å². The first-order chi connectivity index (χ1) is 13.3. The first kappa shape index (κ1) is 22.1. The lowest BCUT2D eigenvalue weighted by atomic mass is 10.2. The lowest BCUT2D eigenvalue weighted by Crippen LogP contribution is -2.43. The fourth-order valence-corrected chi connectivity index (χ4v) is 2.75. The molecule has 0 aliphatic rings. The Morgan fingerprint density at radius 2 is 1.72 bits per heavy atom. The van der Waals surface area contributed by atoms with E-state index in [1.54, 1.807) is 20.8 Å². The van der Waals surface area contributed by atoms with E-state index in [0.29, 0.717) is 11.8 Å². The van der Waals surface area contributed by atoms with Gasteiger partial charge < -0.3 is 4.74 Å². The predicted molar refractivity (Wildman–Crippen MR) is 105 cm³/mol. The van der Waals surface area contributed by atoms with Gasteiger partial charge in [0.1, 0.15) is 10.5 Å². The number of carbonyl (C=O) groups is 2. The van der Waals surface area contributed by atoms with Crippen molar-refractivity contribution in [1.29, 1.82) is 0 Å². The second-order valence-electron chi connectivity index (χ2n) is 7.05. The van der Waals surface area contributed by atoms with Crippen molar-refractivity contribution >= 4 is 27.8 Å². The number of nitrogens with zero attached hydrogens (tertiary/aromatic N) is 2. The van der Waals surface area contributed by atoms with Gasteiger partial charge in [0.25, 0.3) is 21.6 Å². The average Bonchev–Trinajstić information content (AvgIpc) is 2.58. The van der Waals surface area contributed by atoms with Crippen molar-refractivity contribution in [3.05, 3.63) is 58.5 Å². The van der Waals surface area contributed by atoms with Crippen molar-refractivity contribution in [3.63, 3.8) is 0 Å². The molecule has 11 heteroatoms. The molecule has 0 atom stereocenters. The number of ether oxygens (including phenoxy) is 1. The molecule has 2 amide bonds. The van der Waals surface area contributed by atoms with Crippen LogP contribution in [0.2, 0.25) is 0 Å². The van der Waals surface area contributed by atoms with E-state index in [1.807, 2.05) is 0 Å². The summed E-state index contributed by atoms with van der Waals surface area (Å²) in [5, 5.41) is 3.51. The number of aromatic nitrogens is 1. The zero-order chi connectivity index (χ0) is 22.0. The van der Waals surface area contributed by atoms with Crippen LogP contribution in [0.1, 0.15) is 31.1 Å². The van der Waals surface area contributed by atoms with Crippen LogP contribution in [0.4, 0.5) is 10.5 Å². The number of anilines is 1.